The lowest BCUT2D eigenvalue weighted by Crippen LogP contribution is -2.45. The summed E-state index contributed by atoms with van der Waals surface area (Å²) >= 11 is 0. The molecule has 2 N–H and O–H groups in total. The minimum Gasteiger partial charge on any atom is -0.506 e. The van der Waals surface area contributed by atoms with E-state index in [-0.39, 0.29) is 36.6 Å². The normalized spacial score (nSPS) is 16.2. The second kappa shape index (κ2) is 9.86. The summed E-state index contributed by atoms with van der Waals surface area (Å²) in [6.45, 7) is 6.10. The standard InChI is InChI=1S/C15H21N3O.2ClH/c1-2-4-14(18-9-7-17-8-10-18)13-6-3-5-12(11-16)15(13)19;;/h3,5-6,14,17,19H,2,4,7-10H2,1H3;2*1H/t14-;;/m0../s1. The van der Waals surface area contributed by atoms with Gasteiger partial charge in [-0.1, -0.05) is 25.5 Å². The predicted molar refractivity (Wildman–Crippen MR) is 89.4 cm³/mol. The Morgan fingerprint density at radius 3 is 2.57 bits per heavy atom. The van der Waals surface area contributed by atoms with Crippen LogP contribution in [0.25, 0.3) is 0 Å². The summed E-state index contributed by atoms with van der Waals surface area (Å²) in [6, 6.07) is 7.73. The Bertz CT molecular complexity index is 470. The summed E-state index contributed by atoms with van der Waals surface area (Å²) < 4.78 is 0. The number of para-hydroxylation sites is 1. The van der Waals surface area contributed by atoms with E-state index < -0.39 is 0 Å². The van der Waals surface area contributed by atoms with Gasteiger partial charge in [0.15, 0.2) is 0 Å². The third-order valence-corrected chi connectivity index (χ3v) is 3.70. The zero-order valence-electron chi connectivity index (χ0n) is 12.2. The van der Waals surface area contributed by atoms with E-state index in [1.54, 1.807) is 6.07 Å². The number of rotatable bonds is 4. The Balaban J connectivity index is 0.00000200. The second-order valence-corrected chi connectivity index (χ2v) is 4.95. The van der Waals surface area contributed by atoms with Gasteiger partial charge < -0.3 is 10.4 Å². The van der Waals surface area contributed by atoms with E-state index in [1.165, 1.54) is 0 Å². The number of nitrogens with one attached hydrogen (secondary N) is 1. The van der Waals surface area contributed by atoms with Gasteiger partial charge >= 0.3 is 0 Å². The van der Waals surface area contributed by atoms with Crippen molar-refractivity contribution in [2.45, 2.75) is 25.8 Å². The smallest absolute Gasteiger partial charge is 0.138 e. The first-order valence-corrected chi connectivity index (χ1v) is 6.94. The lowest BCUT2D eigenvalue weighted by atomic mass is 9.97. The molecule has 6 heteroatoms. The van der Waals surface area contributed by atoms with Crippen molar-refractivity contribution < 1.29 is 5.11 Å². The molecule has 1 saturated heterocycles. The molecule has 4 nitrogen and oxygen atoms in total. The van der Waals surface area contributed by atoms with Crippen molar-refractivity contribution >= 4 is 24.8 Å². The molecule has 2 rings (SSSR count). The molecule has 1 aliphatic heterocycles. The van der Waals surface area contributed by atoms with E-state index in [4.69, 9.17) is 5.26 Å². The van der Waals surface area contributed by atoms with Crippen molar-refractivity contribution in [1.82, 2.24) is 10.2 Å². The van der Waals surface area contributed by atoms with Crippen LogP contribution in [-0.4, -0.2) is 36.2 Å². The fourth-order valence-corrected chi connectivity index (χ4v) is 2.72. The summed E-state index contributed by atoms with van der Waals surface area (Å²) in [6.07, 6.45) is 2.06. The maximum atomic E-state index is 10.3. The molecule has 0 saturated carbocycles. The Morgan fingerprint density at radius 2 is 2.00 bits per heavy atom. The van der Waals surface area contributed by atoms with Crippen LogP contribution < -0.4 is 5.32 Å². The topological polar surface area (TPSA) is 59.3 Å². The first-order chi connectivity index (χ1) is 9.27. The van der Waals surface area contributed by atoms with Gasteiger partial charge in [-0.15, -0.1) is 24.8 Å². The molecule has 0 unspecified atom stereocenters. The highest BCUT2D eigenvalue weighted by Crippen LogP contribution is 2.34. The summed E-state index contributed by atoms with van der Waals surface area (Å²) in [5.41, 5.74) is 1.26. The number of phenolic OH excluding ortho intramolecular Hbond substituents is 1. The summed E-state index contributed by atoms with van der Waals surface area (Å²) in [5.74, 6) is 0.155. The van der Waals surface area contributed by atoms with Gasteiger partial charge in [0.1, 0.15) is 11.8 Å². The van der Waals surface area contributed by atoms with Crippen molar-refractivity contribution in [3.05, 3.63) is 29.3 Å². The number of nitriles is 1. The second-order valence-electron chi connectivity index (χ2n) is 4.95. The molecule has 1 heterocycles. The molecule has 0 radical (unpaired) electrons. The van der Waals surface area contributed by atoms with Gasteiger partial charge in [-0.25, -0.2) is 0 Å². The molecule has 118 valence electrons. The van der Waals surface area contributed by atoms with Gasteiger partial charge in [0.2, 0.25) is 0 Å². The van der Waals surface area contributed by atoms with Gasteiger partial charge in [-0.2, -0.15) is 5.26 Å². The Kier molecular flexibility index (Phi) is 9.39. The van der Waals surface area contributed by atoms with Gasteiger partial charge in [0.25, 0.3) is 0 Å². The van der Waals surface area contributed by atoms with E-state index in [9.17, 15) is 5.11 Å². The van der Waals surface area contributed by atoms with E-state index in [0.29, 0.717) is 5.56 Å². The number of phenols is 1. The summed E-state index contributed by atoms with van der Waals surface area (Å²) in [7, 11) is 0. The monoisotopic (exact) mass is 331 g/mol. The number of piperazine rings is 1. The van der Waals surface area contributed by atoms with E-state index >= 15 is 0 Å². The molecule has 0 amide bonds. The SMILES string of the molecule is CCC[C@@H](c1cccc(C#N)c1O)N1CCNCC1.Cl.Cl. The lowest BCUT2D eigenvalue weighted by Gasteiger charge is -2.35. The molecule has 0 bridgehead atoms. The molecule has 1 aliphatic rings. The van der Waals surface area contributed by atoms with Crippen LogP contribution in [0.1, 0.15) is 36.9 Å². The first kappa shape index (κ1) is 20.0. The average Bonchev–Trinajstić information content (AvgIpc) is 2.46. The van der Waals surface area contributed by atoms with Crippen LogP contribution in [0.15, 0.2) is 18.2 Å². The van der Waals surface area contributed by atoms with Crippen LogP contribution >= 0.6 is 24.8 Å². The Labute approximate surface area is 139 Å². The van der Waals surface area contributed by atoms with Crippen molar-refractivity contribution in [2.75, 3.05) is 26.2 Å². The van der Waals surface area contributed by atoms with Crippen molar-refractivity contribution in [2.24, 2.45) is 0 Å². The predicted octanol–water partition coefficient (Wildman–Crippen LogP) is 2.85. The molecule has 1 fully saturated rings. The van der Waals surface area contributed by atoms with Crippen LogP contribution in [-0.2, 0) is 0 Å². The summed E-state index contributed by atoms with van der Waals surface area (Å²) in [5, 5.41) is 22.6. The van der Waals surface area contributed by atoms with Crippen LogP contribution in [0.3, 0.4) is 0 Å². The highest BCUT2D eigenvalue weighted by atomic mass is 35.5. The molecule has 0 spiro atoms. The molecular formula is C15H23Cl2N3O. The highest BCUT2D eigenvalue weighted by molar-refractivity contribution is 5.85. The number of hydrogen-bond acceptors (Lipinski definition) is 4. The Hall–Kier alpha value is -0.990. The molecule has 0 aromatic heterocycles. The fourth-order valence-electron chi connectivity index (χ4n) is 2.72. The summed E-state index contributed by atoms with van der Waals surface area (Å²) in [4.78, 5) is 2.40. The molecule has 1 atom stereocenters. The Morgan fingerprint density at radius 1 is 1.33 bits per heavy atom. The number of aromatic hydroxyl groups is 1. The third-order valence-electron chi connectivity index (χ3n) is 3.70. The largest absolute Gasteiger partial charge is 0.506 e. The lowest BCUT2D eigenvalue weighted by molar-refractivity contribution is 0.162. The quantitative estimate of drug-likeness (QED) is 0.890. The molecule has 0 aliphatic carbocycles. The zero-order valence-corrected chi connectivity index (χ0v) is 13.8. The van der Waals surface area contributed by atoms with Crippen molar-refractivity contribution in [1.29, 1.82) is 5.26 Å². The number of nitrogens with zero attached hydrogens (tertiary/aromatic N) is 2. The van der Waals surface area contributed by atoms with E-state index in [1.807, 2.05) is 12.1 Å². The van der Waals surface area contributed by atoms with Crippen molar-refractivity contribution in [3.8, 4) is 11.8 Å². The average molecular weight is 332 g/mol. The van der Waals surface area contributed by atoms with Gasteiger partial charge in [0, 0.05) is 37.8 Å². The van der Waals surface area contributed by atoms with Crippen LogP contribution in [0, 0.1) is 11.3 Å². The maximum Gasteiger partial charge on any atom is 0.138 e. The first-order valence-electron chi connectivity index (χ1n) is 6.94. The third kappa shape index (κ3) is 4.76. The minimum absolute atomic E-state index is 0. The van der Waals surface area contributed by atoms with E-state index in [2.05, 4.69) is 23.2 Å². The van der Waals surface area contributed by atoms with Crippen LogP contribution in [0.2, 0.25) is 0 Å². The van der Waals surface area contributed by atoms with Gasteiger partial charge in [0.05, 0.1) is 5.56 Å². The fraction of sp³-hybridized carbons (Fsp3) is 0.533. The van der Waals surface area contributed by atoms with Gasteiger partial charge in [-0.3, -0.25) is 4.90 Å². The highest BCUT2D eigenvalue weighted by Gasteiger charge is 2.24. The maximum absolute atomic E-state index is 10.3. The van der Waals surface area contributed by atoms with Crippen LogP contribution in [0.4, 0.5) is 0 Å². The molecule has 1 aromatic rings. The number of benzene rings is 1. The molecule has 21 heavy (non-hydrogen) atoms. The zero-order chi connectivity index (χ0) is 13.7. The molecule has 1 aromatic carbocycles. The minimum atomic E-state index is 0. The number of halogens is 2. The molecular weight excluding hydrogens is 309 g/mol. The number of hydrogen-bond donors (Lipinski definition) is 2. The van der Waals surface area contributed by atoms with E-state index in [0.717, 1.165) is 44.6 Å². The van der Waals surface area contributed by atoms with Crippen molar-refractivity contribution in [3.63, 3.8) is 0 Å². The van der Waals surface area contributed by atoms with Gasteiger partial charge in [-0.05, 0) is 12.5 Å². The van der Waals surface area contributed by atoms with Crippen LogP contribution in [0.5, 0.6) is 5.75 Å².